The van der Waals surface area contributed by atoms with Crippen molar-refractivity contribution >= 4 is 5.97 Å². The zero-order valence-corrected chi connectivity index (χ0v) is 9.03. The van der Waals surface area contributed by atoms with Crippen molar-refractivity contribution in [2.24, 2.45) is 0 Å². The van der Waals surface area contributed by atoms with E-state index in [1.54, 1.807) is 10.7 Å². The van der Waals surface area contributed by atoms with Crippen molar-refractivity contribution < 1.29 is 9.90 Å². The lowest BCUT2D eigenvalue weighted by Crippen LogP contribution is -2.25. The molecule has 0 saturated carbocycles. The van der Waals surface area contributed by atoms with Crippen LogP contribution in [0.3, 0.4) is 0 Å². The molecule has 0 aliphatic heterocycles. The Morgan fingerprint density at radius 3 is 2.43 bits per heavy atom. The number of aryl methyl sites for hydroxylation is 1. The third-order valence-corrected chi connectivity index (χ3v) is 2.00. The third-order valence-electron chi connectivity index (χ3n) is 2.00. The average molecular weight is 196 g/mol. The number of nitrogens with zero attached hydrogens (tertiary/aromatic N) is 2. The Hall–Kier alpha value is -1.32. The van der Waals surface area contributed by atoms with E-state index in [4.69, 9.17) is 5.11 Å². The molecule has 0 aromatic carbocycles. The summed E-state index contributed by atoms with van der Waals surface area (Å²) in [4.78, 5) is 10.7. The molecule has 1 N–H and O–H groups in total. The summed E-state index contributed by atoms with van der Waals surface area (Å²) in [5, 5.41) is 12.9. The van der Waals surface area contributed by atoms with Gasteiger partial charge in [0, 0.05) is 5.69 Å². The van der Waals surface area contributed by atoms with Gasteiger partial charge in [0.1, 0.15) is 0 Å². The first kappa shape index (κ1) is 10.8. The van der Waals surface area contributed by atoms with E-state index in [-0.39, 0.29) is 11.2 Å². The van der Waals surface area contributed by atoms with E-state index in [0.29, 0.717) is 0 Å². The van der Waals surface area contributed by atoms with Gasteiger partial charge in [0.2, 0.25) is 0 Å². The van der Waals surface area contributed by atoms with Crippen molar-refractivity contribution in [3.05, 3.63) is 17.5 Å². The smallest absolute Gasteiger partial charge is 0.356 e. The first-order valence-electron chi connectivity index (χ1n) is 4.69. The Bertz CT molecular complexity index is 347. The molecule has 0 radical (unpaired) electrons. The van der Waals surface area contributed by atoms with Crippen molar-refractivity contribution in [2.45, 2.75) is 39.7 Å². The number of hydrogen-bond acceptors (Lipinski definition) is 2. The standard InChI is InChI=1S/C10H16N2O2/c1-5-7-6-8(9(13)14)11-12(7)10(2,3)4/h6H,5H2,1-4H3,(H,13,14). The minimum absolute atomic E-state index is 0.122. The lowest BCUT2D eigenvalue weighted by atomic mass is 10.1. The third kappa shape index (κ3) is 1.95. The van der Waals surface area contributed by atoms with Gasteiger partial charge in [-0.2, -0.15) is 5.10 Å². The lowest BCUT2D eigenvalue weighted by Gasteiger charge is -2.21. The molecule has 4 nitrogen and oxygen atoms in total. The lowest BCUT2D eigenvalue weighted by molar-refractivity contribution is 0.0688. The molecule has 4 heteroatoms. The predicted octanol–water partition coefficient (Wildman–Crippen LogP) is 1.90. The van der Waals surface area contributed by atoms with Gasteiger partial charge >= 0.3 is 5.97 Å². The summed E-state index contributed by atoms with van der Waals surface area (Å²) in [7, 11) is 0. The maximum atomic E-state index is 10.7. The van der Waals surface area contributed by atoms with Gasteiger partial charge in [-0.1, -0.05) is 6.92 Å². The Morgan fingerprint density at radius 2 is 2.14 bits per heavy atom. The van der Waals surface area contributed by atoms with Gasteiger partial charge in [0.15, 0.2) is 5.69 Å². The largest absolute Gasteiger partial charge is 0.476 e. The minimum atomic E-state index is -0.970. The summed E-state index contributed by atoms with van der Waals surface area (Å²) in [6.07, 6.45) is 0.789. The summed E-state index contributed by atoms with van der Waals surface area (Å²) in [6, 6.07) is 1.63. The topological polar surface area (TPSA) is 55.1 Å². The molecule has 0 atom stereocenters. The maximum absolute atomic E-state index is 10.7. The van der Waals surface area contributed by atoms with E-state index in [2.05, 4.69) is 5.10 Å². The average Bonchev–Trinajstić information content (AvgIpc) is 2.46. The molecule has 0 saturated heterocycles. The molecule has 0 aliphatic rings. The summed E-state index contributed by atoms with van der Waals surface area (Å²) in [5.74, 6) is -0.970. The number of carboxylic acid groups (broad SMARTS) is 1. The van der Waals surface area contributed by atoms with Crippen molar-refractivity contribution in [1.82, 2.24) is 9.78 Å². The molecule has 1 aromatic rings. The van der Waals surface area contributed by atoms with Crippen LogP contribution in [-0.4, -0.2) is 20.9 Å². The molecule has 0 unspecified atom stereocenters. The number of carbonyl (C=O) groups is 1. The quantitative estimate of drug-likeness (QED) is 0.786. The molecule has 78 valence electrons. The van der Waals surface area contributed by atoms with Crippen LogP contribution in [0.25, 0.3) is 0 Å². The predicted molar refractivity (Wildman–Crippen MR) is 53.6 cm³/mol. The number of aromatic carboxylic acids is 1. The highest BCUT2D eigenvalue weighted by Gasteiger charge is 2.20. The number of rotatable bonds is 2. The van der Waals surface area contributed by atoms with E-state index in [0.717, 1.165) is 12.1 Å². The van der Waals surface area contributed by atoms with Crippen LogP contribution in [0.4, 0.5) is 0 Å². The summed E-state index contributed by atoms with van der Waals surface area (Å²) < 4.78 is 1.77. The highest BCUT2D eigenvalue weighted by molar-refractivity contribution is 5.85. The molecule has 0 spiro atoms. The SMILES string of the molecule is CCc1cc(C(=O)O)nn1C(C)(C)C. The number of carboxylic acids is 1. The van der Waals surface area contributed by atoms with Gasteiger partial charge < -0.3 is 5.11 Å². The zero-order valence-electron chi connectivity index (χ0n) is 9.03. The molecule has 1 heterocycles. The molecule has 0 bridgehead atoms. The van der Waals surface area contributed by atoms with Crippen LogP contribution < -0.4 is 0 Å². The van der Waals surface area contributed by atoms with Crippen LogP contribution in [0.5, 0.6) is 0 Å². The summed E-state index contributed by atoms with van der Waals surface area (Å²) in [6.45, 7) is 8.01. The van der Waals surface area contributed by atoms with Gasteiger partial charge in [-0.15, -0.1) is 0 Å². The van der Waals surface area contributed by atoms with E-state index in [1.807, 2.05) is 27.7 Å². The molecule has 0 fully saturated rings. The Balaban J connectivity index is 3.22. The van der Waals surface area contributed by atoms with Gasteiger partial charge in [0.05, 0.1) is 5.54 Å². The van der Waals surface area contributed by atoms with Gasteiger partial charge in [0.25, 0.3) is 0 Å². The van der Waals surface area contributed by atoms with Crippen LogP contribution in [-0.2, 0) is 12.0 Å². The highest BCUT2D eigenvalue weighted by atomic mass is 16.4. The first-order chi connectivity index (χ1) is 6.36. The summed E-state index contributed by atoms with van der Waals surface area (Å²) >= 11 is 0. The van der Waals surface area contributed by atoms with Crippen molar-refractivity contribution in [3.63, 3.8) is 0 Å². The fourth-order valence-electron chi connectivity index (χ4n) is 1.36. The molecular weight excluding hydrogens is 180 g/mol. The minimum Gasteiger partial charge on any atom is -0.476 e. The Morgan fingerprint density at radius 1 is 1.57 bits per heavy atom. The molecule has 1 rings (SSSR count). The van der Waals surface area contributed by atoms with Crippen LogP contribution in [0.2, 0.25) is 0 Å². The van der Waals surface area contributed by atoms with Crippen LogP contribution in [0.15, 0.2) is 6.07 Å². The number of hydrogen-bond donors (Lipinski definition) is 1. The molecule has 0 aliphatic carbocycles. The molecular formula is C10H16N2O2. The second kappa shape index (κ2) is 3.44. The summed E-state index contributed by atoms with van der Waals surface area (Å²) in [5.41, 5.74) is 0.908. The number of aromatic nitrogens is 2. The van der Waals surface area contributed by atoms with Gasteiger partial charge in [-0.05, 0) is 33.3 Å². The van der Waals surface area contributed by atoms with Gasteiger partial charge in [-0.25, -0.2) is 4.79 Å². The van der Waals surface area contributed by atoms with Crippen LogP contribution >= 0.6 is 0 Å². The second-order valence-electron chi connectivity index (χ2n) is 4.26. The Kier molecular flexibility index (Phi) is 2.64. The maximum Gasteiger partial charge on any atom is 0.356 e. The molecule has 0 amide bonds. The highest BCUT2D eigenvalue weighted by Crippen LogP contribution is 2.17. The van der Waals surface area contributed by atoms with Crippen molar-refractivity contribution in [3.8, 4) is 0 Å². The van der Waals surface area contributed by atoms with Crippen molar-refractivity contribution in [2.75, 3.05) is 0 Å². The van der Waals surface area contributed by atoms with E-state index >= 15 is 0 Å². The van der Waals surface area contributed by atoms with E-state index in [9.17, 15) is 4.79 Å². The molecule has 1 aromatic heterocycles. The fourth-order valence-corrected chi connectivity index (χ4v) is 1.36. The zero-order chi connectivity index (χ0) is 10.9. The monoisotopic (exact) mass is 196 g/mol. The van der Waals surface area contributed by atoms with E-state index < -0.39 is 5.97 Å². The van der Waals surface area contributed by atoms with Crippen LogP contribution in [0.1, 0.15) is 43.9 Å². The second-order valence-corrected chi connectivity index (χ2v) is 4.26. The van der Waals surface area contributed by atoms with Crippen molar-refractivity contribution in [1.29, 1.82) is 0 Å². The van der Waals surface area contributed by atoms with Crippen LogP contribution in [0, 0.1) is 0 Å². The fraction of sp³-hybridized carbons (Fsp3) is 0.600. The normalized spacial score (nSPS) is 11.7. The van der Waals surface area contributed by atoms with Gasteiger partial charge in [-0.3, -0.25) is 4.68 Å². The molecule has 14 heavy (non-hydrogen) atoms. The first-order valence-corrected chi connectivity index (χ1v) is 4.69. The van der Waals surface area contributed by atoms with E-state index in [1.165, 1.54) is 0 Å². The Labute approximate surface area is 83.5 Å².